The highest BCUT2D eigenvalue weighted by atomic mass is 35.5. The molecule has 4 aliphatic rings. The fraction of sp³-hybridized carbons (Fsp3) is 0.929. The van der Waals surface area contributed by atoms with Gasteiger partial charge in [-0.3, -0.25) is 4.79 Å². The molecule has 6 heteroatoms. The molecule has 4 aliphatic heterocycles. The molecule has 5 nitrogen and oxygen atoms in total. The van der Waals surface area contributed by atoms with Crippen LogP contribution in [0.4, 0.5) is 0 Å². The zero-order chi connectivity index (χ0) is 13.0. The number of amides is 1. The van der Waals surface area contributed by atoms with Gasteiger partial charge in [-0.25, -0.2) is 0 Å². The van der Waals surface area contributed by atoms with Crippen LogP contribution < -0.4 is 5.73 Å². The zero-order valence-electron chi connectivity index (χ0n) is 11.6. The summed E-state index contributed by atoms with van der Waals surface area (Å²) in [7, 11) is 0. The number of rotatable bonds is 2. The minimum atomic E-state index is -0.244. The summed E-state index contributed by atoms with van der Waals surface area (Å²) in [6.07, 6.45) is 4.77. The van der Waals surface area contributed by atoms with E-state index in [1.54, 1.807) is 0 Å². The summed E-state index contributed by atoms with van der Waals surface area (Å²) in [6.45, 7) is 2.27. The summed E-state index contributed by atoms with van der Waals surface area (Å²) < 4.78 is 11.7. The summed E-state index contributed by atoms with van der Waals surface area (Å²) >= 11 is 0. The molecule has 0 spiro atoms. The van der Waals surface area contributed by atoms with Crippen LogP contribution in [0.3, 0.4) is 0 Å². The van der Waals surface area contributed by atoms with Crippen molar-refractivity contribution in [1.82, 2.24) is 4.90 Å². The maximum absolute atomic E-state index is 12.5. The number of carbonyl (C=O) groups excluding carboxylic acids is 1. The van der Waals surface area contributed by atoms with Crippen LogP contribution in [0.1, 0.15) is 25.7 Å². The monoisotopic (exact) mass is 302 g/mol. The molecule has 4 heterocycles. The molecule has 20 heavy (non-hydrogen) atoms. The minimum Gasteiger partial charge on any atom is -0.374 e. The van der Waals surface area contributed by atoms with Crippen molar-refractivity contribution in [2.75, 3.05) is 19.6 Å². The van der Waals surface area contributed by atoms with E-state index in [4.69, 9.17) is 15.2 Å². The smallest absolute Gasteiger partial charge is 0.251 e. The van der Waals surface area contributed by atoms with Crippen molar-refractivity contribution in [3.8, 4) is 0 Å². The van der Waals surface area contributed by atoms with Crippen LogP contribution in [-0.2, 0) is 14.3 Å². The third-order valence-corrected chi connectivity index (χ3v) is 5.41. The van der Waals surface area contributed by atoms with Crippen LogP contribution >= 0.6 is 12.4 Å². The molecular formula is C14H23ClN2O3. The molecular weight excluding hydrogens is 280 g/mol. The van der Waals surface area contributed by atoms with Gasteiger partial charge in [-0.05, 0) is 25.7 Å². The predicted molar refractivity (Wildman–Crippen MR) is 75.7 cm³/mol. The first kappa shape index (κ1) is 14.6. The highest BCUT2D eigenvalue weighted by Gasteiger charge is 2.54. The number of nitrogens with two attached hydrogens (primary N) is 1. The molecule has 0 aromatic heterocycles. The average molecular weight is 303 g/mol. The number of hydrogen-bond donors (Lipinski definition) is 1. The lowest BCUT2D eigenvalue weighted by atomic mass is 9.82. The molecule has 4 fully saturated rings. The standard InChI is InChI=1S/C14H22N2O3.ClH/c15-5-8-1-2-13(18-8)14(17)16-6-9-10(7-16)12-4-3-11(9)19-12;/h8-13H,1-7,15H2;1H/t8-,9?,10?,11?,12?,13+;/m1./s1. The predicted octanol–water partition coefficient (Wildman–Crippen LogP) is 0.550. The van der Waals surface area contributed by atoms with Crippen molar-refractivity contribution in [3.63, 3.8) is 0 Å². The summed E-state index contributed by atoms with van der Waals surface area (Å²) in [5, 5.41) is 0. The van der Waals surface area contributed by atoms with Gasteiger partial charge < -0.3 is 20.1 Å². The van der Waals surface area contributed by atoms with E-state index in [1.807, 2.05) is 4.90 Å². The molecule has 4 rings (SSSR count). The van der Waals surface area contributed by atoms with E-state index in [2.05, 4.69) is 0 Å². The third kappa shape index (κ3) is 2.15. The number of halogens is 1. The Morgan fingerprint density at radius 1 is 1.05 bits per heavy atom. The topological polar surface area (TPSA) is 64.8 Å². The first-order valence-electron chi connectivity index (χ1n) is 7.56. The Balaban J connectivity index is 0.00000121. The second-order valence-corrected chi connectivity index (χ2v) is 6.42. The number of likely N-dealkylation sites (tertiary alicyclic amines) is 1. The second kappa shape index (κ2) is 5.44. The normalized spacial score (nSPS) is 45.5. The van der Waals surface area contributed by atoms with Crippen molar-refractivity contribution in [1.29, 1.82) is 0 Å². The van der Waals surface area contributed by atoms with Gasteiger partial charge in [0, 0.05) is 31.5 Å². The first-order valence-corrected chi connectivity index (χ1v) is 7.56. The Hall–Kier alpha value is -0.360. The minimum absolute atomic E-state index is 0. The first-order chi connectivity index (χ1) is 9.26. The second-order valence-electron chi connectivity index (χ2n) is 6.42. The van der Waals surface area contributed by atoms with Crippen LogP contribution in [0.5, 0.6) is 0 Å². The van der Waals surface area contributed by atoms with E-state index in [0.29, 0.717) is 30.6 Å². The Morgan fingerprint density at radius 3 is 2.25 bits per heavy atom. The van der Waals surface area contributed by atoms with E-state index >= 15 is 0 Å². The maximum atomic E-state index is 12.5. The van der Waals surface area contributed by atoms with Gasteiger partial charge in [0.15, 0.2) is 0 Å². The molecule has 4 unspecified atom stereocenters. The van der Waals surface area contributed by atoms with Gasteiger partial charge in [-0.2, -0.15) is 0 Å². The number of ether oxygens (including phenoxy) is 2. The number of fused-ring (bicyclic) bond motifs is 5. The lowest BCUT2D eigenvalue weighted by Gasteiger charge is -2.22. The quantitative estimate of drug-likeness (QED) is 0.809. The molecule has 0 aliphatic carbocycles. The van der Waals surface area contributed by atoms with Gasteiger partial charge in [0.05, 0.1) is 18.3 Å². The maximum Gasteiger partial charge on any atom is 0.251 e. The molecule has 0 saturated carbocycles. The SMILES string of the molecule is Cl.NC[C@H]1CC[C@@H](C(=O)N2CC3C4CCC(O4)C3C2)O1. The van der Waals surface area contributed by atoms with Crippen molar-refractivity contribution >= 4 is 18.3 Å². The van der Waals surface area contributed by atoms with E-state index in [0.717, 1.165) is 25.9 Å². The van der Waals surface area contributed by atoms with Gasteiger partial charge in [-0.1, -0.05) is 0 Å². The highest BCUT2D eigenvalue weighted by Crippen LogP contribution is 2.47. The largest absolute Gasteiger partial charge is 0.374 e. The summed E-state index contributed by atoms with van der Waals surface area (Å²) in [5.74, 6) is 1.34. The summed E-state index contributed by atoms with van der Waals surface area (Å²) in [6, 6.07) is 0. The molecule has 0 radical (unpaired) electrons. The third-order valence-electron chi connectivity index (χ3n) is 5.41. The van der Waals surface area contributed by atoms with Crippen molar-refractivity contribution in [2.24, 2.45) is 17.6 Å². The van der Waals surface area contributed by atoms with Crippen molar-refractivity contribution in [2.45, 2.75) is 50.1 Å². The van der Waals surface area contributed by atoms with Gasteiger partial charge in [0.1, 0.15) is 6.10 Å². The van der Waals surface area contributed by atoms with Crippen LogP contribution in [0, 0.1) is 11.8 Å². The van der Waals surface area contributed by atoms with Gasteiger partial charge in [-0.15, -0.1) is 12.4 Å². The summed E-state index contributed by atoms with van der Waals surface area (Å²) in [4.78, 5) is 14.5. The van der Waals surface area contributed by atoms with Crippen molar-refractivity contribution < 1.29 is 14.3 Å². The highest BCUT2D eigenvalue weighted by molar-refractivity contribution is 5.85. The van der Waals surface area contributed by atoms with Gasteiger partial charge in [0.2, 0.25) is 0 Å². The Morgan fingerprint density at radius 2 is 1.70 bits per heavy atom. The summed E-state index contributed by atoms with van der Waals surface area (Å²) in [5.41, 5.74) is 5.60. The molecule has 4 saturated heterocycles. The Kier molecular flexibility index (Phi) is 3.97. The molecule has 0 aromatic rings. The van der Waals surface area contributed by atoms with E-state index in [9.17, 15) is 4.79 Å². The van der Waals surface area contributed by atoms with E-state index in [1.165, 1.54) is 12.8 Å². The molecule has 2 N–H and O–H groups in total. The van der Waals surface area contributed by atoms with Gasteiger partial charge >= 0.3 is 0 Å². The van der Waals surface area contributed by atoms with Crippen LogP contribution in [0.2, 0.25) is 0 Å². The van der Waals surface area contributed by atoms with Crippen LogP contribution in [0.15, 0.2) is 0 Å². The lowest BCUT2D eigenvalue weighted by molar-refractivity contribution is -0.142. The molecule has 0 aromatic carbocycles. The lowest BCUT2D eigenvalue weighted by Crippen LogP contribution is -2.39. The zero-order valence-corrected chi connectivity index (χ0v) is 12.4. The molecule has 6 atom stereocenters. The van der Waals surface area contributed by atoms with Crippen LogP contribution in [0.25, 0.3) is 0 Å². The van der Waals surface area contributed by atoms with Gasteiger partial charge in [0.25, 0.3) is 5.91 Å². The fourth-order valence-electron chi connectivity index (χ4n) is 4.40. The Bertz CT molecular complexity index is 377. The number of hydrogen-bond acceptors (Lipinski definition) is 4. The number of carbonyl (C=O) groups is 1. The van der Waals surface area contributed by atoms with Crippen LogP contribution in [-0.4, -0.2) is 54.9 Å². The van der Waals surface area contributed by atoms with Crippen molar-refractivity contribution in [3.05, 3.63) is 0 Å². The molecule has 2 bridgehead atoms. The van der Waals surface area contributed by atoms with E-state index in [-0.39, 0.29) is 30.5 Å². The molecule has 114 valence electrons. The average Bonchev–Trinajstić information content (AvgIpc) is 3.17. The van der Waals surface area contributed by atoms with E-state index < -0.39 is 0 Å². The number of nitrogens with zero attached hydrogens (tertiary/aromatic N) is 1. The fourth-order valence-corrected chi connectivity index (χ4v) is 4.40. The molecule has 1 amide bonds. The Labute approximate surface area is 125 Å².